The molecule has 2 aromatic rings. The van der Waals surface area contributed by atoms with Crippen LogP contribution in [0.3, 0.4) is 0 Å². The van der Waals surface area contributed by atoms with Crippen LogP contribution >= 0.6 is 11.6 Å². The van der Waals surface area contributed by atoms with Gasteiger partial charge in [0.1, 0.15) is 17.2 Å². The van der Waals surface area contributed by atoms with E-state index in [-0.39, 0.29) is 48.3 Å². The van der Waals surface area contributed by atoms with Gasteiger partial charge in [0.2, 0.25) is 5.91 Å². The van der Waals surface area contributed by atoms with Crippen molar-refractivity contribution in [3.63, 3.8) is 0 Å². The molecule has 0 N–H and O–H groups in total. The number of rotatable bonds is 5. The molecule has 4 rings (SSSR count). The van der Waals surface area contributed by atoms with Crippen LogP contribution in [0, 0.1) is 11.6 Å². The lowest BCUT2D eigenvalue weighted by Crippen LogP contribution is -2.61. The normalized spacial score (nSPS) is 21.2. The summed E-state index contributed by atoms with van der Waals surface area (Å²) in [6, 6.07) is 4.96. The van der Waals surface area contributed by atoms with Crippen molar-refractivity contribution < 1.29 is 23.1 Å². The van der Waals surface area contributed by atoms with Gasteiger partial charge in [0, 0.05) is 73.0 Å². The average molecular weight is 563 g/mol. The van der Waals surface area contributed by atoms with E-state index in [0.717, 1.165) is 17.3 Å². The third-order valence-electron chi connectivity index (χ3n) is 7.30. The first kappa shape index (κ1) is 29.2. The van der Waals surface area contributed by atoms with Crippen molar-refractivity contribution in [3.05, 3.63) is 58.9 Å². The van der Waals surface area contributed by atoms with Gasteiger partial charge in [-0.3, -0.25) is 14.7 Å². The van der Waals surface area contributed by atoms with Crippen LogP contribution in [0.2, 0.25) is 0 Å². The Kier molecular flexibility index (Phi) is 8.24. The van der Waals surface area contributed by atoms with E-state index in [2.05, 4.69) is 18.8 Å². The summed E-state index contributed by atoms with van der Waals surface area (Å²) in [5.41, 5.74) is 1.70. The number of alkyl halides is 1. The summed E-state index contributed by atoms with van der Waals surface area (Å²) in [4.78, 5) is 36.5. The monoisotopic (exact) mass is 562 g/mol. The highest BCUT2D eigenvalue weighted by Crippen LogP contribution is 2.40. The van der Waals surface area contributed by atoms with Crippen LogP contribution in [0.25, 0.3) is 0 Å². The van der Waals surface area contributed by atoms with E-state index in [9.17, 15) is 18.4 Å². The summed E-state index contributed by atoms with van der Waals surface area (Å²) in [5.74, 6) is -1.08. The van der Waals surface area contributed by atoms with E-state index in [1.807, 2.05) is 38.7 Å². The van der Waals surface area contributed by atoms with E-state index >= 15 is 0 Å². The number of halogens is 3. The van der Waals surface area contributed by atoms with Gasteiger partial charge in [-0.1, -0.05) is 19.9 Å². The molecule has 7 nitrogen and oxygen atoms in total. The highest BCUT2D eigenvalue weighted by molar-refractivity contribution is 6.18. The van der Waals surface area contributed by atoms with Crippen LogP contribution in [0.4, 0.5) is 19.3 Å². The molecule has 1 fully saturated rings. The number of pyridine rings is 1. The number of carbonyl (C=O) groups excluding carboxylic acids is 2. The zero-order valence-corrected chi connectivity index (χ0v) is 24.2. The topological polar surface area (TPSA) is 66.0 Å². The maximum absolute atomic E-state index is 14.3. The van der Waals surface area contributed by atoms with Crippen LogP contribution in [-0.4, -0.2) is 76.5 Å². The number of anilines is 1. The maximum atomic E-state index is 14.3. The summed E-state index contributed by atoms with van der Waals surface area (Å²) in [7, 11) is 0. The van der Waals surface area contributed by atoms with Crippen LogP contribution < -0.4 is 4.90 Å². The molecular weight excluding hydrogens is 526 g/mol. The molecule has 2 aliphatic heterocycles. The Balaban J connectivity index is 1.51. The van der Waals surface area contributed by atoms with Crippen molar-refractivity contribution in [3.8, 4) is 0 Å². The second-order valence-electron chi connectivity index (χ2n) is 12.2. The highest BCUT2D eigenvalue weighted by Gasteiger charge is 2.41. The number of fused-ring (bicyclic) bond motifs is 1. The molecule has 3 heterocycles. The predicted molar refractivity (Wildman–Crippen MR) is 147 cm³/mol. The first-order valence-electron chi connectivity index (χ1n) is 13.2. The summed E-state index contributed by atoms with van der Waals surface area (Å²) < 4.78 is 33.2. The molecule has 0 bridgehead atoms. The molecule has 2 amide bonds. The minimum Gasteiger partial charge on any atom is -0.444 e. The number of aromatic nitrogens is 1. The molecule has 10 heteroatoms. The number of hydrogen-bond acceptors (Lipinski definition) is 5. The Hall–Kier alpha value is -2.78. The summed E-state index contributed by atoms with van der Waals surface area (Å²) >= 11 is 6.31. The van der Waals surface area contributed by atoms with Crippen molar-refractivity contribution in [1.82, 2.24) is 14.8 Å². The van der Waals surface area contributed by atoms with Gasteiger partial charge in [0.05, 0.1) is 12.2 Å². The number of carbonyl (C=O) groups is 2. The molecule has 1 unspecified atom stereocenters. The molecule has 2 aliphatic rings. The molecule has 0 saturated carbocycles. The van der Waals surface area contributed by atoms with Crippen LogP contribution in [0.15, 0.2) is 30.5 Å². The smallest absolute Gasteiger partial charge is 0.410 e. The average Bonchev–Trinajstić information content (AvgIpc) is 3.10. The van der Waals surface area contributed by atoms with E-state index in [0.29, 0.717) is 30.9 Å². The van der Waals surface area contributed by atoms with Crippen molar-refractivity contribution in [2.45, 2.75) is 71.1 Å². The van der Waals surface area contributed by atoms with E-state index < -0.39 is 17.2 Å². The minimum atomic E-state index is -0.631. The third-order valence-corrected chi connectivity index (χ3v) is 7.66. The SMILES string of the molecule is CC1CN(CC(=O)N2CC(C)(C)c3cnc(Cc4ccc(F)cc4F)cc32)[C@@H](CCl)CN1C(=O)OC(C)(C)C. The van der Waals surface area contributed by atoms with Crippen LogP contribution in [0.5, 0.6) is 0 Å². The van der Waals surface area contributed by atoms with Crippen LogP contribution in [-0.2, 0) is 21.4 Å². The van der Waals surface area contributed by atoms with Gasteiger partial charge in [-0.25, -0.2) is 13.6 Å². The maximum Gasteiger partial charge on any atom is 0.410 e. The Morgan fingerprint density at radius 3 is 2.54 bits per heavy atom. The molecule has 1 aromatic carbocycles. The molecule has 0 aliphatic carbocycles. The Morgan fingerprint density at radius 2 is 1.90 bits per heavy atom. The van der Waals surface area contributed by atoms with Gasteiger partial charge in [-0.05, 0) is 45.4 Å². The molecular formula is C29H37ClF2N4O3. The van der Waals surface area contributed by atoms with E-state index in [4.69, 9.17) is 16.3 Å². The zero-order chi connectivity index (χ0) is 28.7. The van der Waals surface area contributed by atoms with Gasteiger partial charge in [0.25, 0.3) is 0 Å². The molecule has 39 heavy (non-hydrogen) atoms. The number of piperazine rings is 1. The minimum absolute atomic E-state index is 0.0834. The fourth-order valence-electron chi connectivity index (χ4n) is 5.26. The van der Waals surface area contributed by atoms with Gasteiger partial charge >= 0.3 is 6.09 Å². The lowest BCUT2D eigenvalue weighted by Gasteiger charge is -2.44. The molecule has 1 aromatic heterocycles. The Labute approximate surface area is 234 Å². The number of nitrogens with zero attached hydrogens (tertiary/aromatic N) is 4. The fourth-order valence-corrected chi connectivity index (χ4v) is 5.55. The molecule has 0 spiro atoms. The second kappa shape index (κ2) is 11.0. The lowest BCUT2D eigenvalue weighted by atomic mass is 9.88. The summed E-state index contributed by atoms with van der Waals surface area (Å²) in [5, 5.41) is 0. The summed E-state index contributed by atoms with van der Waals surface area (Å²) in [6.45, 7) is 13.0. The standard InChI is InChI=1S/C29H37ClF2N4O3/c1-18-14-34(22(12-30)15-35(18)27(38)39-28(2,3)4)16-26(37)36-17-29(5,6)23-13-33-21(11-25(23)36)9-19-7-8-20(31)10-24(19)32/h7-8,10-11,13,18,22H,9,12,14-17H2,1-6H3/t18?,22-/m0/s1. The zero-order valence-electron chi connectivity index (χ0n) is 23.4. The molecule has 212 valence electrons. The van der Waals surface area contributed by atoms with Crippen molar-refractivity contribution in [1.29, 1.82) is 0 Å². The first-order valence-corrected chi connectivity index (χ1v) is 13.8. The molecule has 1 saturated heterocycles. The summed E-state index contributed by atoms with van der Waals surface area (Å²) in [6.07, 6.45) is 1.55. The van der Waals surface area contributed by atoms with Crippen molar-refractivity contribution in [2.75, 3.05) is 37.0 Å². The first-order chi connectivity index (χ1) is 18.2. The quantitative estimate of drug-likeness (QED) is 0.473. The van der Waals surface area contributed by atoms with E-state index in [1.165, 1.54) is 12.1 Å². The van der Waals surface area contributed by atoms with Gasteiger partial charge in [0.15, 0.2) is 0 Å². The highest BCUT2D eigenvalue weighted by atomic mass is 35.5. The van der Waals surface area contributed by atoms with Gasteiger partial charge in [-0.2, -0.15) is 0 Å². The molecule has 0 radical (unpaired) electrons. The van der Waals surface area contributed by atoms with Crippen molar-refractivity contribution in [2.24, 2.45) is 0 Å². The number of benzene rings is 1. The van der Waals surface area contributed by atoms with E-state index in [1.54, 1.807) is 16.0 Å². The Morgan fingerprint density at radius 1 is 1.18 bits per heavy atom. The van der Waals surface area contributed by atoms with Gasteiger partial charge in [-0.15, -0.1) is 11.6 Å². The Bertz CT molecular complexity index is 1250. The predicted octanol–water partition coefficient (Wildman–Crippen LogP) is 5.12. The lowest BCUT2D eigenvalue weighted by molar-refractivity contribution is -0.121. The number of ether oxygens (including phenoxy) is 1. The van der Waals surface area contributed by atoms with Gasteiger partial charge < -0.3 is 14.5 Å². The largest absolute Gasteiger partial charge is 0.444 e. The fraction of sp³-hybridized carbons (Fsp3) is 0.552. The third kappa shape index (κ3) is 6.52. The van der Waals surface area contributed by atoms with Crippen LogP contribution in [0.1, 0.15) is 58.4 Å². The number of hydrogen-bond donors (Lipinski definition) is 0. The number of amides is 2. The van der Waals surface area contributed by atoms with Crippen molar-refractivity contribution >= 4 is 29.3 Å². The molecule has 2 atom stereocenters. The second-order valence-corrected chi connectivity index (χ2v) is 12.5.